The second kappa shape index (κ2) is 13.3. The van der Waals surface area contributed by atoms with E-state index >= 15 is 0 Å². The van der Waals surface area contributed by atoms with Crippen molar-refractivity contribution in [3.63, 3.8) is 0 Å². The van der Waals surface area contributed by atoms with Gasteiger partial charge in [0.2, 0.25) is 5.22 Å². The fourth-order valence-corrected chi connectivity index (χ4v) is 7.73. The van der Waals surface area contributed by atoms with Crippen molar-refractivity contribution < 1.29 is 42.1 Å². The molecule has 1 unspecified atom stereocenters. The van der Waals surface area contributed by atoms with E-state index in [1.807, 2.05) is 12.1 Å². The summed E-state index contributed by atoms with van der Waals surface area (Å²) >= 11 is 5.74. The highest BCUT2D eigenvalue weighted by Crippen LogP contribution is 2.45. The van der Waals surface area contributed by atoms with Crippen LogP contribution >= 0.6 is 11.6 Å². The highest BCUT2D eigenvalue weighted by atomic mass is 35.5. The zero-order chi connectivity index (χ0) is 33.1. The molecular weight excluding hydrogens is 636 g/mol. The summed E-state index contributed by atoms with van der Waals surface area (Å²) in [5.74, 6) is -3.14. The minimum atomic E-state index is -4.20. The summed E-state index contributed by atoms with van der Waals surface area (Å²) in [6.45, 7) is 8.17. The SMILES string of the molecule is C=CCOC(=O)c1ccnc(C=C2C(=O)N3[C@@H](C(=O)OC(c4ccccc4)c4ccccc4)C(C)(OOC(=C)Cl)CS(=O)(=O)[C@H]23)c1. The molecule has 3 aromatic rings. The number of hydrogen-bond acceptors (Lipinski definition) is 10. The number of carbonyl (C=O) groups excluding carboxylic acids is 3. The Morgan fingerprint density at radius 1 is 1.11 bits per heavy atom. The van der Waals surface area contributed by atoms with Gasteiger partial charge < -0.3 is 19.3 Å². The molecule has 3 heterocycles. The molecule has 0 N–H and O–H groups in total. The normalized spacial score (nSPS) is 22.4. The first-order valence-corrected chi connectivity index (χ1v) is 16.0. The van der Waals surface area contributed by atoms with E-state index in [0.717, 1.165) is 4.90 Å². The van der Waals surface area contributed by atoms with Crippen LogP contribution in [-0.4, -0.2) is 65.5 Å². The zero-order valence-corrected chi connectivity index (χ0v) is 26.1. The van der Waals surface area contributed by atoms with Gasteiger partial charge in [0.1, 0.15) is 6.61 Å². The monoisotopic (exact) mass is 664 g/mol. The van der Waals surface area contributed by atoms with Crippen molar-refractivity contribution in [2.45, 2.75) is 30.0 Å². The second-order valence-electron chi connectivity index (χ2n) is 10.7. The van der Waals surface area contributed by atoms with Crippen molar-refractivity contribution in [1.82, 2.24) is 9.88 Å². The summed E-state index contributed by atoms with van der Waals surface area (Å²) in [6, 6.07) is 19.0. The molecule has 0 radical (unpaired) electrons. The Bertz CT molecular complexity index is 1780. The Morgan fingerprint density at radius 2 is 1.74 bits per heavy atom. The van der Waals surface area contributed by atoms with Crippen molar-refractivity contribution in [2.24, 2.45) is 0 Å². The van der Waals surface area contributed by atoms with Crippen LogP contribution in [0, 0.1) is 0 Å². The van der Waals surface area contributed by atoms with Gasteiger partial charge >= 0.3 is 11.9 Å². The Balaban J connectivity index is 1.52. The number of sulfone groups is 1. The smallest absolute Gasteiger partial charge is 0.338 e. The highest BCUT2D eigenvalue weighted by molar-refractivity contribution is 7.92. The van der Waals surface area contributed by atoms with Crippen LogP contribution in [0.5, 0.6) is 0 Å². The molecule has 2 aliphatic rings. The lowest BCUT2D eigenvalue weighted by Crippen LogP contribution is -2.76. The Hall–Kier alpha value is -4.78. The molecule has 0 spiro atoms. The lowest BCUT2D eigenvalue weighted by atomic mass is 9.90. The number of pyridine rings is 1. The predicted octanol–water partition coefficient (Wildman–Crippen LogP) is 4.52. The van der Waals surface area contributed by atoms with Gasteiger partial charge in [-0.2, -0.15) is 4.89 Å². The molecule has 5 rings (SSSR count). The maximum atomic E-state index is 14.1. The van der Waals surface area contributed by atoms with Crippen molar-refractivity contribution in [3.05, 3.63) is 131 Å². The predicted molar refractivity (Wildman–Crippen MR) is 167 cm³/mol. The van der Waals surface area contributed by atoms with Crippen LogP contribution in [0.2, 0.25) is 0 Å². The quantitative estimate of drug-likeness (QED) is 0.0547. The van der Waals surface area contributed by atoms with Crippen molar-refractivity contribution in [2.75, 3.05) is 12.4 Å². The topological polar surface area (TPSA) is 138 Å². The third kappa shape index (κ3) is 6.59. The molecule has 11 nitrogen and oxygen atoms in total. The lowest BCUT2D eigenvalue weighted by molar-refractivity contribution is -0.332. The molecule has 0 bridgehead atoms. The largest absolute Gasteiger partial charge is 0.458 e. The molecule has 1 aromatic heterocycles. The standard InChI is InChI=1S/C33H29ClN2O9S/c1-4-17-42-31(38)24-15-16-35-25(18-24)19-26-29(37)36-28(33(3,45-44-21(2)34)20-46(40,41)30(26)36)32(39)43-27(22-11-7-5-8-12-22)23-13-9-6-10-14-23/h4-16,18-19,27-28,30H,1-2,17,20H2,3H3/t28-,30+,33?/m0/s1. The van der Waals surface area contributed by atoms with Crippen LogP contribution in [0.1, 0.15) is 40.2 Å². The van der Waals surface area contributed by atoms with Gasteiger partial charge in [-0.3, -0.25) is 9.78 Å². The van der Waals surface area contributed by atoms with Gasteiger partial charge in [-0.25, -0.2) is 18.0 Å². The van der Waals surface area contributed by atoms with Crippen LogP contribution in [0.3, 0.4) is 0 Å². The third-order valence-electron chi connectivity index (χ3n) is 7.32. The first kappa shape index (κ1) is 32.6. The number of amides is 1. The molecule has 2 aliphatic heterocycles. The highest BCUT2D eigenvalue weighted by Gasteiger charge is 2.66. The van der Waals surface area contributed by atoms with Gasteiger partial charge in [0, 0.05) is 6.20 Å². The maximum Gasteiger partial charge on any atom is 0.338 e. The molecule has 238 valence electrons. The summed E-state index contributed by atoms with van der Waals surface area (Å²) in [6.07, 6.45) is 3.08. The van der Waals surface area contributed by atoms with E-state index in [0.29, 0.717) is 11.1 Å². The van der Waals surface area contributed by atoms with Crippen LogP contribution in [-0.2, 0) is 38.7 Å². The number of β-lactam (4-membered cyclic amide) rings is 1. The van der Waals surface area contributed by atoms with Gasteiger partial charge in [0.15, 0.2) is 33.0 Å². The third-order valence-corrected chi connectivity index (χ3v) is 9.52. The first-order chi connectivity index (χ1) is 21.9. The van der Waals surface area contributed by atoms with E-state index in [2.05, 4.69) is 18.1 Å². The van der Waals surface area contributed by atoms with Crippen molar-refractivity contribution >= 4 is 45.4 Å². The molecule has 13 heteroatoms. The summed E-state index contributed by atoms with van der Waals surface area (Å²) in [5, 5.41) is -1.97. The molecule has 0 saturated carbocycles. The van der Waals surface area contributed by atoms with Crippen LogP contribution < -0.4 is 0 Å². The number of aromatic nitrogens is 1. The van der Waals surface area contributed by atoms with Crippen LogP contribution in [0.15, 0.2) is 109 Å². The number of ether oxygens (including phenoxy) is 2. The average molecular weight is 665 g/mol. The summed E-state index contributed by atoms with van der Waals surface area (Å²) in [5.41, 5.74) is -0.575. The summed E-state index contributed by atoms with van der Waals surface area (Å²) in [4.78, 5) is 55.6. The molecule has 2 aromatic carbocycles. The second-order valence-corrected chi connectivity index (χ2v) is 13.2. The van der Waals surface area contributed by atoms with Gasteiger partial charge in [-0.05, 0) is 54.4 Å². The number of nitrogens with zero attached hydrogens (tertiary/aromatic N) is 2. The van der Waals surface area contributed by atoms with Crippen molar-refractivity contribution in [1.29, 1.82) is 0 Å². The van der Waals surface area contributed by atoms with E-state index in [9.17, 15) is 22.8 Å². The lowest BCUT2D eigenvalue weighted by Gasteiger charge is -2.53. The molecule has 1 amide bonds. The van der Waals surface area contributed by atoms with Crippen molar-refractivity contribution in [3.8, 4) is 0 Å². The number of hydrogen-bond donors (Lipinski definition) is 0. The van der Waals surface area contributed by atoms with Gasteiger partial charge in [0.25, 0.3) is 5.91 Å². The first-order valence-electron chi connectivity index (χ1n) is 14.0. The number of esters is 2. The Kier molecular flexibility index (Phi) is 9.42. The average Bonchev–Trinajstić information content (AvgIpc) is 3.04. The van der Waals surface area contributed by atoms with E-state index in [4.69, 9.17) is 30.8 Å². The molecule has 46 heavy (non-hydrogen) atoms. The Labute approximate surface area is 270 Å². The molecule has 3 atom stereocenters. The molecular formula is C33H29ClN2O9S. The zero-order valence-electron chi connectivity index (χ0n) is 24.6. The molecule has 2 fully saturated rings. The molecule has 0 aliphatic carbocycles. The minimum absolute atomic E-state index is 0.0140. The summed E-state index contributed by atoms with van der Waals surface area (Å²) in [7, 11) is -4.20. The Morgan fingerprint density at radius 3 is 2.33 bits per heavy atom. The fraction of sp³-hybridized carbons (Fsp3) is 0.212. The fourth-order valence-electron chi connectivity index (χ4n) is 5.42. The number of carbonyl (C=O) groups is 3. The van der Waals surface area contributed by atoms with Crippen LogP contribution in [0.25, 0.3) is 6.08 Å². The maximum absolute atomic E-state index is 14.1. The minimum Gasteiger partial charge on any atom is -0.458 e. The van der Waals surface area contributed by atoms with E-state index in [1.54, 1.807) is 48.5 Å². The number of halogens is 1. The number of benzene rings is 2. The van der Waals surface area contributed by atoms with Gasteiger partial charge in [0.05, 0.1) is 22.6 Å². The van der Waals surface area contributed by atoms with E-state index in [1.165, 1.54) is 37.4 Å². The summed E-state index contributed by atoms with van der Waals surface area (Å²) < 4.78 is 38.5. The van der Waals surface area contributed by atoms with Gasteiger partial charge in [-0.15, -0.1) is 0 Å². The number of rotatable bonds is 11. The molecule has 2 saturated heterocycles. The van der Waals surface area contributed by atoms with Crippen LogP contribution in [0.4, 0.5) is 0 Å². The van der Waals surface area contributed by atoms with Gasteiger partial charge in [-0.1, -0.05) is 73.3 Å². The van der Waals surface area contributed by atoms with E-state index < -0.39 is 61.8 Å². The van der Waals surface area contributed by atoms with E-state index in [-0.39, 0.29) is 23.4 Å². The number of fused-ring (bicyclic) bond motifs is 1.